The van der Waals surface area contributed by atoms with Crippen molar-refractivity contribution in [2.75, 3.05) is 25.5 Å². The van der Waals surface area contributed by atoms with Gasteiger partial charge in [-0.05, 0) is 18.1 Å². The van der Waals surface area contributed by atoms with Gasteiger partial charge >= 0.3 is 0 Å². The first-order chi connectivity index (χ1) is 8.42. The first-order valence-electron chi connectivity index (χ1n) is 6.26. The van der Waals surface area contributed by atoms with E-state index in [9.17, 15) is 0 Å². The number of fused-ring (bicyclic) bond motifs is 1. The lowest BCUT2D eigenvalue weighted by atomic mass is 10.2. The fourth-order valence-corrected chi connectivity index (χ4v) is 3.43. The molecule has 0 atom stereocenters. The van der Waals surface area contributed by atoms with Crippen LogP contribution in [0.2, 0.25) is 0 Å². The van der Waals surface area contributed by atoms with E-state index in [1.54, 1.807) is 0 Å². The van der Waals surface area contributed by atoms with Crippen LogP contribution in [-0.2, 0) is 6.54 Å². The number of benzene rings is 1. The highest BCUT2D eigenvalue weighted by Crippen LogP contribution is 2.29. The molecule has 0 aromatic heterocycles. The maximum absolute atomic E-state index is 2.51. The molecule has 0 unspecified atom stereocenters. The molecule has 0 N–H and O–H groups in total. The molecule has 2 aliphatic rings. The van der Waals surface area contributed by atoms with Crippen molar-refractivity contribution >= 4 is 11.8 Å². The van der Waals surface area contributed by atoms with E-state index in [2.05, 4.69) is 46.2 Å². The second kappa shape index (κ2) is 5.15. The molecule has 1 saturated heterocycles. The first-order valence-corrected chi connectivity index (χ1v) is 7.24. The Balaban J connectivity index is 1.65. The molecule has 90 valence electrons. The highest BCUT2D eigenvalue weighted by molar-refractivity contribution is 8.03. The molecule has 2 aliphatic heterocycles. The van der Waals surface area contributed by atoms with E-state index in [1.165, 1.54) is 29.3 Å². The van der Waals surface area contributed by atoms with Crippen LogP contribution < -0.4 is 0 Å². The molecule has 0 bridgehead atoms. The van der Waals surface area contributed by atoms with E-state index in [0.717, 1.165) is 19.8 Å². The smallest absolute Gasteiger partial charge is 0.0717 e. The standard InChI is InChI=1S/C14H18N2S/c1-2-5-13(6-3-1)11-15-9-7-14-16(12-15)8-4-10-17-14/h1-3,5-7H,4,8-12H2. The lowest BCUT2D eigenvalue weighted by molar-refractivity contribution is 0.156. The topological polar surface area (TPSA) is 6.48 Å². The monoisotopic (exact) mass is 246 g/mol. The zero-order chi connectivity index (χ0) is 11.5. The highest BCUT2D eigenvalue weighted by atomic mass is 32.2. The third-order valence-corrected chi connectivity index (χ3v) is 4.49. The van der Waals surface area contributed by atoms with Crippen LogP contribution in [0.25, 0.3) is 0 Å². The number of hydrogen-bond acceptors (Lipinski definition) is 3. The van der Waals surface area contributed by atoms with Crippen LogP contribution in [0.3, 0.4) is 0 Å². The van der Waals surface area contributed by atoms with Crippen LogP contribution in [-0.4, -0.2) is 35.3 Å². The minimum Gasteiger partial charge on any atom is -0.354 e. The molecule has 0 aliphatic carbocycles. The molecular weight excluding hydrogens is 228 g/mol. The number of rotatable bonds is 2. The van der Waals surface area contributed by atoms with E-state index in [1.807, 2.05) is 11.8 Å². The van der Waals surface area contributed by atoms with Gasteiger partial charge in [-0.25, -0.2) is 0 Å². The maximum atomic E-state index is 2.51. The van der Waals surface area contributed by atoms with Gasteiger partial charge in [0.25, 0.3) is 0 Å². The van der Waals surface area contributed by atoms with Gasteiger partial charge in [-0.2, -0.15) is 0 Å². The molecule has 2 nitrogen and oxygen atoms in total. The highest BCUT2D eigenvalue weighted by Gasteiger charge is 2.21. The summed E-state index contributed by atoms with van der Waals surface area (Å²) in [6.45, 7) is 4.47. The van der Waals surface area contributed by atoms with Gasteiger partial charge in [-0.15, -0.1) is 11.8 Å². The third kappa shape index (κ3) is 2.67. The average Bonchev–Trinajstić information content (AvgIpc) is 2.40. The molecule has 1 aromatic rings. The summed E-state index contributed by atoms with van der Waals surface area (Å²) < 4.78 is 0. The zero-order valence-corrected chi connectivity index (χ0v) is 10.8. The molecule has 0 spiro atoms. The van der Waals surface area contributed by atoms with Gasteiger partial charge < -0.3 is 4.90 Å². The SMILES string of the molecule is C1=C2SCCCN2CN(Cc2ccccc2)C1. The van der Waals surface area contributed by atoms with Gasteiger partial charge in [0.1, 0.15) is 0 Å². The van der Waals surface area contributed by atoms with Crippen molar-refractivity contribution in [1.29, 1.82) is 0 Å². The summed E-state index contributed by atoms with van der Waals surface area (Å²) >= 11 is 2.02. The maximum Gasteiger partial charge on any atom is 0.0717 e. The van der Waals surface area contributed by atoms with Crippen LogP contribution in [0.5, 0.6) is 0 Å². The van der Waals surface area contributed by atoms with Gasteiger partial charge in [0, 0.05) is 25.4 Å². The summed E-state index contributed by atoms with van der Waals surface area (Å²) in [5.41, 5.74) is 1.41. The number of nitrogens with zero attached hydrogens (tertiary/aromatic N) is 2. The minimum atomic E-state index is 1.06. The van der Waals surface area contributed by atoms with Gasteiger partial charge in [0.15, 0.2) is 0 Å². The molecule has 3 rings (SSSR count). The Bertz CT molecular complexity index is 402. The Hall–Kier alpha value is -0.930. The van der Waals surface area contributed by atoms with Crippen LogP contribution in [0.1, 0.15) is 12.0 Å². The molecule has 1 fully saturated rings. The van der Waals surface area contributed by atoms with E-state index >= 15 is 0 Å². The van der Waals surface area contributed by atoms with E-state index in [4.69, 9.17) is 0 Å². The summed E-state index contributed by atoms with van der Waals surface area (Å²) in [5.74, 6) is 1.29. The third-order valence-electron chi connectivity index (χ3n) is 3.28. The fourth-order valence-electron chi connectivity index (χ4n) is 2.42. The van der Waals surface area contributed by atoms with Crippen molar-refractivity contribution in [3.63, 3.8) is 0 Å². The molecule has 0 saturated carbocycles. The summed E-state index contributed by atoms with van der Waals surface area (Å²) in [5, 5.41) is 1.50. The summed E-state index contributed by atoms with van der Waals surface area (Å²) in [6.07, 6.45) is 3.71. The summed E-state index contributed by atoms with van der Waals surface area (Å²) in [6, 6.07) is 10.8. The van der Waals surface area contributed by atoms with Crippen LogP contribution in [0.4, 0.5) is 0 Å². The van der Waals surface area contributed by atoms with Crippen molar-refractivity contribution in [3.8, 4) is 0 Å². The summed E-state index contributed by atoms with van der Waals surface area (Å²) in [7, 11) is 0. The second-order valence-electron chi connectivity index (χ2n) is 4.65. The Morgan fingerprint density at radius 1 is 1.18 bits per heavy atom. The Morgan fingerprint density at radius 3 is 2.94 bits per heavy atom. The first kappa shape index (κ1) is 11.2. The fraction of sp³-hybridized carbons (Fsp3) is 0.429. The van der Waals surface area contributed by atoms with Crippen molar-refractivity contribution in [2.45, 2.75) is 13.0 Å². The van der Waals surface area contributed by atoms with Crippen LogP contribution in [0, 0.1) is 0 Å². The Kier molecular flexibility index (Phi) is 3.39. The number of thioether (sulfide) groups is 1. The Labute approximate surface area is 107 Å². The molecule has 2 heterocycles. The van der Waals surface area contributed by atoms with Crippen molar-refractivity contribution < 1.29 is 0 Å². The molecule has 3 heteroatoms. The van der Waals surface area contributed by atoms with Gasteiger partial charge in [0.05, 0.1) is 11.7 Å². The van der Waals surface area contributed by atoms with Gasteiger partial charge in [-0.1, -0.05) is 30.3 Å². The summed E-state index contributed by atoms with van der Waals surface area (Å²) in [4.78, 5) is 5.02. The van der Waals surface area contributed by atoms with Crippen LogP contribution >= 0.6 is 11.8 Å². The Morgan fingerprint density at radius 2 is 2.06 bits per heavy atom. The molecule has 1 aromatic carbocycles. The molecule has 0 amide bonds. The lowest BCUT2D eigenvalue weighted by Gasteiger charge is -2.39. The van der Waals surface area contributed by atoms with Gasteiger partial charge in [-0.3, -0.25) is 4.90 Å². The molecule has 17 heavy (non-hydrogen) atoms. The average molecular weight is 246 g/mol. The van der Waals surface area contributed by atoms with Crippen molar-refractivity contribution in [3.05, 3.63) is 47.0 Å². The van der Waals surface area contributed by atoms with E-state index in [0.29, 0.717) is 0 Å². The number of hydrogen-bond donors (Lipinski definition) is 0. The van der Waals surface area contributed by atoms with Crippen LogP contribution in [0.15, 0.2) is 41.4 Å². The molecule has 0 radical (unpaired) electrons. The van der Waals surface area contributed by atoms with E-state index in [-0.39, 0.29) is 0 Å². The van der Waals surface area contributed by atoms with Gasteiger partial charge in [0.2, 0.25) is 0 Å². The second-order valence-corrected chi connectivity index (χ2v) is 5.76. The normalized spacial score (nSPS) is 20.9. The largest absolute Gasteiger partial charge is 0.354 e. The van der Waals surface area contributed by atoms with Crippen molar-refractivity contribution in [2.24, 2.45) is 0 Å². The minimum absolute atomic E-state index is 1.06. The predicted octanol–water partition coefficient (Wildman–Crippen LogP) is 2.74. The lowest BCUT2D eigenvalue weighted by Crippen LogP contribution is -2.42. The molecular formula is C14H18N2S. The van der Waals surface area contributed by atoms with Crippen molar-refractivity contribution in [1.82, 2.24) is 9.80 Å². The zero-order valence-electron chi connectivity index (χ0n) is 10.0. The quantitative estimate of drug-likeness (QED) is 0.792. The van der Waals surface area contributed by atoms with E-state index < -0.39 is 0 Å². The predicted molar refractivity (Wildman–Crippen MR) is 73.6 cm³/mol.